The Hall–Kier alpha value is -2.60. The summed E-state index contributed by atoms with van der Waals surface area (Å²) >= 11 is -0.629. The number of alkyl halides is 5. The molecule has 2 aromatic carbocycles. The number of benzene rings is 2. The fourth-order valence-corrected chi connectivity index (χ4v) is 3.29. The molecule has 0 fully saturated rings. The first-order valence-electron chi connectivity index (χ1n) is 7.13. The highest BCUT2D eigenvalue weighted by molar-refractivity contribution is 8.00. The van der Waals surface area contributed by atoms with Gasteiger partial charge in [0.25, 0.3) is 0 Å². The number of hydrogen-bond donors (Lipinski definition) is 0. The second-order valence-electron chi connectivity index (χ2n) is 5.38. The minimum atomic E-state index is -4.73. The van der Waals surface area contributed by atoms with Gasteiger partial charge in [-0.25, -0.2) is 0 Å². The van der Waals surface area contributed by atoms with Gasteiger partial charge < -0.3 is 4.74 Å². The first-order valence-corrected chi connectivity index (χ1v) is 7.95. The van der Waals surface area contributed by atoms with Crippen LogP contribution in [0, 0.1) is 11.3 Å². The molecule has 3 rings (SSSR count). The lowest BCUT2D eigenvalue weighted by molar-refractivity contribution is -0.0328. The molecule has 0 heterocycles. The molecule has 26 heavy (non-hydrogen) atoms. The van der Waals surface area contributed by atoms with E-state index < -0.39 is 45.9 Å². The molecule has 0 amide bonds. The Balaban J connectivity index is 2.10. The summed E-state index contributed by atoms with van der Waals surface area (Å²) in [7, 11) is 0. The number of carbonyl (C=O) groups is 1. The Morgan fingerprint density at radius 3 is 2.46 bits per heavy atom. The third kappa shape index (κ3) is 3.37. The van der Waals surface area contributed by atoms with E-state index in [2.05, 4.69) is 0 Å². The zero-order chi connectivity index (χ0) is 19.1. The summed E-state index contributed by atoms with van der Waals surface area (Å²) in [4.78, 5) is 11.3. The molecular formula is C17H8F5NO2S. The molecule has 0 radical (unpaired) electrons. The van der Waals surface area contributed by atoms with E-state index >= 15 is 0 Å². The van der Waals surface area contributed by atoms with E-state index in [9.17, 15) is 26.7 Å². The van der Waals surface area contributed by atoms with E-state index in [4.69, 9.17) is 10.00 Å². The van der Waals surface area contributed by atoms with Crippen molar-refractivity contribution < 1.29 is 31.5 Å². The van der Waals surface area contributed by atoms with Gasteiger partial charge in [-0.05, 0) is 36.0 Å². The number of ether oxygens (including phenoxy) is 1. The molecule has 0 aliphatic heterocycles. The number of nitriles is 1. The van der Waals surface area contributed by atoms with Gasteiger partial charge in [-0.3, -0.25) is 4.79 Å². The number of fused-ring (bicyclic) bond motifs is 1. The lowest BCUT2D eigenvalue weighted by Crippen LogP contribution is -2.24. The first kappa shape index (κ1) is 18.2. The van der Waals surface area contributed by atoms with Gasteiger partial charge in [-0.1, -0.05) is 12.1 Å². The Bertz CT molecular complexity index is 934. The smallest absolute Gasteiger partial charge is 0.446 e. The standard InChI is InChI=1S/C17H8F5NO2S/c18-16(19)7-10-12(25-11-4-2-1-3-9(11)8-23)5-6-13(14(10)15(16)24)26-17(20,21)22/h1-6H,7H2. The lowest BCUT2D eigenvalue weighted by Gasteiger charge is -2.14. The van der Waals surface area contributed by atoms with Crippen LogP contribution in [-0.2, 0) is 6.42 Å². The van der Waals surface area contributed by atoms with Gasteiger partial charge in [0.2, 0.25) is 5.78 Å². The van der Waals surface area contributed by atoms with E-state index in [1.165, 1.54) is 12.1 Å². The number of halogens is 5. The molecular weight excluding hydrogens is 377 g/mol. The van der Waals surface area contributed by atoms with Crippen molar-refractivity contribution in [3.05, 3.63) is 53.1 Å². The van der Waals surface area contributed by atoms with Crippen LogP contribution in [0.3, 0.4) is 0 Å². The summed E-state index contributed by atoms with van der Waals surface area (Å²) in [6, 6.07) is 9.83. The Morgan fingerprint density at radius 1 is 1.12 bits per heavy atom. The summed E-state index contributed by atoms with van der Waals surface area (Å²) in [6.07, 6.45) is -1.06. The maximum absolute atomic E-state index is 13.9. The highest BCUT2D eigenvalue weighted by atomic mass is 32.2. The van der Waals surface area contributed by atoms with Crippen LogP contribution in [0.25, 0.3) is 0 Å². The predicted octanol–water partition coefficient (Wildman–Crippen LogP) is 5.34. The van der Waals surface area contributed by atoms with Crippen LogP contribution in [0.5, 0.6) is 11.5 Å². The Morgan fingerprint density at radius 2 is 1.81 bits per heavy atom. The Labute approximate surface area is 148 Å². The number of carbonyl (C=O) groups excluding carboxylic acids is 1. The normalized spacial score (nSPS) is 15.5. The van der Waals surface area contributed by atoms with Crippen LogP contribution in [0.4, 0.5) is 22.0 Å². The molecule has 1 aliphatic carbocycles. The molecule has 0 unspecified atom stereocenters. The topological polar surface area (TPSA) is 50.1 Å². The highest BCUT2D eigenvalue weighted by Gasteiger charge is 2.50. The highest BCUT2D eigenvalue weighted by Crippen LogP contribution is 2.48. The molecule has 2 aromatic rings. The molecule has 0 atom stereocenters. The summed E-state index contributed by atoms with van der Waals surface area (Å²) < 4.78 is 71.2. The SMILES string of the molecule is N#Cc1ccccc1Oc1ccc(SC(F)(F)F)c2c1CC(F)(F)C2=O. The van der Waals surface area contributed by atoms with Gasteiger partial charge in [0.05, 0.1) is 5.56 Å². The van der Waals surface area contributed by atoms with Crippen molar-refractivity contribution >= 4 is 17.5 Å². The second-order valence-corrected chi connectivity index (χ2v) is 6.49. The van der Waals surface area contributed by atoms with E-state index in [0.717, 1.165) is 12.1 Å². The minimum Gasteiger partial charge on any atom is -0.456 e. The number of thioether (sulfide) groups is 1. The molecule has 0 aromatic heterocycles. The van der Waals surface area contributed by atoms with E-state index in [1.54, 1.807) is 12.1 Å². The molecule has 1 aliphatic rings. The van der Waals surface area contributed by atoms with Crippen molar-refractivity contribution in [1.29, 1.82) is 5.26 Å². The quantitative estimate of drug-likeness (QED) is 0.529. The van der Waals surface area contributed by atoms with Gasteiger partial charge >= 0.3 is 11.4 Å². The van der Waals surface area contributed by atoms with Crippen molar-refractivity contribution in [2.24, 2.45) is 0 Å². The maximum atomic E-state index is 13.9. The second kappa shape index (κ2) is 6.29. The van der Waals surface area contributed by atoms with E-state index in [-0.39, 0.29) is 22.6 Å². The van der Waals surface area contributed by atoms with Crippen LogP contribution in [0.1, 0.15) is 21.5 Å². The van der Waals surface area contributed by atoms with Crippen LogP contribution < -0.4 is 4.74 Å². The molecule has 0 spiro atoms. The summed E-state index contributed by atoms with van der Waals surface area (Å²) in [6.45, 7) is 0. The third-order valence-electron chi connectivity index (χ3n) is 3.64. The number of Topliss-reactive ketones (excluding diaryl/α,β-unsaturated/α-hetero) is 1. The molecule has 134 valence electrons. The average molecular weight is 385 g/mol. The van der Waals surface area contributed by atoms with Crippen molar-refractivity contribution in [2.75, 3.05) is 0 Å². The van der Waals surface area contributed by atoms with Gasteiger partial charge in [0.15, 0.2) is 0 Å². The van der Waals surface area contributed by atoms with Crippen molar-refractivity contribution in [3.8, 4) is 17.6 Å². The minimum absolute atomic E-state index is 0.0519. The average Bonchev–Trinajstić information content (AvgIpc) is 2.80. The molecule has 9 heteroatoms. The van der Waals surface area contributed by atoms with Gasteiger partial charge in [0.1, 0.15) is 17.6 Å². The monoisotopic (exact) mass is 385 g/mol. The van der Waals surface area contributed by atoms with Crippen LogP contribution in [0.2, 0.25) is 0 Å². The zero-order valence-electron chi connectivity index (χ0n) is 12.7. The maximum Gasteiger partial charge on any atom is 0.446 e. The molecule has 0 bridgehead atoms. The van der Waals surface area contributed by atoms with Crippen molar-refractivity contribution in [1.82, 2.24) is 0 Å². The molecule has 0 saturated heterocycles. The van der Waals surface area contributed by atoms with Crippen molar-refractivity contribution in [2.45, 2.75) is 22.7 Å². The molecule has 0 N–H and O–H groups in total. The number of rotatable bonds is 3. The Kier molecular flexibility index (Phi) is 4.40. The largest absolute Gasteiger partial charge is 0.456 e. The fourth-order valence-electron chi connectivity index (χ4n) is 2.59. The van der Waals surface area contributed by atoms with Gasteiger partial charge in [-0.2, -0.15) is 27.2 Å². The summed E-state index contributed by atoms with van der Waals surface area (Å²) in [5.41, 5.74) is -5.61. The van der Waals surface area contributed by atoms with E-state index in [1.807, 2.05) is 6.07 Å². The van der Waals surface area contributed by atoms with Gasteiger partial charge in [-0.15, -0.1) is 0 Å². The van der Waals surface area contributed by atoms with Crippen LogP contribution in [0.15, 0.2) is 41.3 Å². The number of nitrogens with zero attached hydrogens (tertiary/aromatic N) is 1. The predicted molar refractivity (Wildman–Crippen MR) is 82.6 cm³/mol. The first-order chi connectivity index (χ1) is 12.1. The number of para-hydroxylation sites is 1. The van der Waals surface area contributed by atoms with Crippen LogP contribution in [-0.4, -0.2) is 17.2 Å². The fraction of sp³-hybridized carbons (Fsp3) is 0.176. The number of ketones is 1. The number of hydrogen-bond acceptors (Lipinski definition) is 4. The zero-order valence-corrected chi connectivity index (χ0v) is 13.5. The van der Waals surface area contributed by atoms with Gasteiger partial charge in [0, 0.05) is 22.4 Å². The van der Waals surface area contributed by atoms with Crippen LogP contribution >= 0.6 is 11.8 Å². The van der Waals surface area contributed by atoms with Crippen molar-refractivity contribution in [3.63, 3.8) is 0 Å². The third-order valence-corrected chi connectivity index (χ3v) is 4.43. The molecule has 3 nitrogen and oxygen atoms in total. The summed E-state index contributed by atoms with van der Waals surface area (Å²) in [5.74, 6) is -5.61. The van der Waals surface area contributed by atoms with E-state index in [0.29, 0.717) is 0 Å². The summed E-state index contributed by atoms with van der Waals surface area (Å²) in [5, 5.41) is 9.05. The lowest BCUT2D eigenvalue weighted by atomic mass is 10.1. The molecule has 0 saturated carbocycles.